The first-order valence-electron chi connectivity index (χ1n) is 8.18. The number of nitrogens with zero attached hydrogens (tertiary/aromatic N) is 1. The maximum absolute atomic E-state index is 12.3. The molecule has 8 nitrogen and oxygen atoms in total. The number of methoxy groups -OCH3 is 2. The van der Waals surface area contributed by atoms with Crippen LogP contribution < -0.4 is 9.64 Å². The van der Waals surface area contributed by atoms with Crippen molar-refractivity contribution in [2.24, 2.45) is 0 Å². The normalized spacial score (nSPS) is 14.2. The number of hydrogen-bond acceptors (Lipinski definition) is 8. The van der Waals surface area contributed by atoms with Crippen LogP contribution in [0.4, 0.5) is 5.69 Å². The standard InChI is InChI=1S/C18H23NO7/c1-4-24-9-10-26-15-8-6-5-7-14(15)19-12-25-11-13(17(20)22-2)16(19)18(21)23-3/h5-8H,4,9-12H2,1-3H3. The summed E-state index contributed by atoms with van der Waals surface area (Å²) in [6, 6.07) is 7.14. The number of benzene rings is 1. The van der Waals surface area contributed by atoms with E-state index in [2.05, 4.69) is 0 Å². The lowest BCUT2D eigenvalue weighted by Gasteiger charge is -2.32. The van der Waals surface area contributed by atoms with Crippen molar-refractivity contribution < 1.29 is 33.3 Å². The van der Waals surface area contributed by atoms with Crippen LogP contribution in [-0.4, -0.2) is 59.3 Å². The number of para-hydroxylation sites is 2. The maximum Gasteiger partial charge on any atom is 0.355 e. The van der Waals surface area contributed by atoms with Crippen LogP contribution in [0.5, 0.6) is 5.75 Å². The molecule has 1 aliphatic heterocycles. The second-order valence-corrected chi connectivity index (χ2v) is 5.23. The zero-order valence-corrected chi connectivity index (χ0v) is 15.1. The summed E-state index contributed by atoms with van der Waals surface area (Å²) in [5, 5.41) is 0. The van der Waals surface area contributed by atoms with Crippen LogP contribution in [-0.2, 0) is 28.5 Å². The molecule has 0 N–H and O–H groups in total. The Balaban J connectivity index is 2.39. The minimum atomic E-state index is -0.655. The molecular weight excluding hydrogens is 342 g/mol. The summed E-state index contributed by atoms with van der Waals surface area (Å²) >= 11 is 0. The van der Waals surface area contributed by atoms with Crippen LogP contribution in [0.3, 0.4) is 0 Å². The number of carbonyl (C=O) groups is 2. The van der Waals surface area contributed by atoms with Gasteiger partial charge in [-0.05, 0) is 19.1 Å². The van der Waals surface area contributed by atoms with Gasteiger partial charge in [-0.15, -0.1) is 0 Å². The minimum Gasteiger partial charge on any atom is -0.489 e. The average molecular weight is 365 g/mol. The molecule has 0 amide bonds. The van der Waals surface area contributed by atoms with Crippen LogP contribution >= 0.6 is 0 Å². The highest BCUT2D eigenvalue weighted by Gasteiger charge is 2.33. The molecule has 1 heterocycles. The molecule has 0 fully saturated rings. The van der Waals surface area contributed by atoms with Crippen molar-refractivity contribution in [3.63, 3.8) is 0 Å². The molecule has 0 saturated heterocycles. The van der Waals surface area contributed by atoms with Crippen molar-refractivity contribution in [1.82, 2.24) is 0 Å². The van der Waals surface area contributed by atoms with Crippen LogP contribution in [0.2, 0.25) is 0 Å². The van der Waals surface area contributed by atoms with Gasteiger partial charge >= 0.3 is 11.9 Å². The molecule has 0 spiro atoms. The van der Waals surface area contributed by atoms with Gasteiger partial charge in [0.05, 0.1) is 38.7 Å². The predicted molar refractivity (Wildman–Crippen MR) is 92.8 cm³/mol. The number of esters is 2. The first kappa shape index (κ1) is 19.7. The first-order valence-corrected chi connectivity index (χ1v) is 8.18. The Labute approximate surface area is 152 Å². The van der Waals surface area contributed by atoms with Crippen LogP contribution in [0.15, 0.2) is 35.5 Å². The van der Waals surface area contributed by atoms with E-state index in [4.69, 9.17) is 23.7 Å². The van der Waals surface area contributed by atoms with Gasteiger partial charge in [0.15, 0.2) is 0 Å². The molecule has 1 aromatic carbocycles. The van der Waals surface area contributed by atoms with Gasteiger partial charge in [-0.1, -0.05) is 12.1 Å². The smallest absolute Gasteiger partial charge is 0.355 e. The summed E-state index contributed by atoms with van der Waals surface area (Å²) in [7, 11) is 2.50. The van der Waals surface area contributed by atoms with E-state index in [1.807, 2.05) is 13.0 Å². The zero-order chi connectivity index (χ0) is 18.9. The highest BCUT2D eigenvalue weighted by molar-refractivity contribution is 6.03. The van der Waals surface area contributed by atoms with Gasteiger partial charge < -0.3 is 28.6 Å². The first-order chi connectivity index (χ1) is 12.6. The SMILES string of the molecule is CCOCCOc1ccccc1N1COCC(C(=O)OC)=C1C(=O)OC. The van der Waals surface area contributed by atoms with E-state index >= 15 is 0 Å². The molecule has 0 aliphatic carbocycles. The molecule has 2 rings (SSSR count). The lowest BCUT2D eigenvalue weighted by atomic mass is 10.1. The lowest BCUT2D eigenvalue weighted by molar-refractivity contribution is -0.140. The summed E-state index contributed by atoms with van der Waals surface area (Å²) in [5.74, 6) is -0.772. The van der Waals surface area contributed by atoms with E-state index in [0.717, 1.165) is 0 Å². The Morgan fingerprint density at radius 1 is 1.12 bits per heavy atom. The quantitative estimate of drug-likeness (QED) is 0.506. The van der Waals surface area contributed by atoms with E-state index in [1.165, 1.54) is 19.1 Å². The molecular formula is C18H23NO7. The number of ether oxygens (including phenoxy) is 5. The van der Waals surface area contributed by atoms with E-state index in [1.54, 1.807) is 18.2 Å². The topological polar surface area (TPSA) is 83.5 Å². The van der Waals surface area contributed by atoms with Crippen molar-refractivity contribution in [2.75, 3.05) is 52.3 Å². The maximum atomic E-state index is 12.3. The number of hydrogen-bond donors (Lipinski definition) is 0. The summed E-state index contributed by atoms with van der Waals surface area (Å²) in [6.45, 7) is 3.32. The Morgan fingerprint density at radius 2 is 1.85 bits per heavy atom. The van der Waals surface area contributed by atoms with Gasteiger partial charge in [-0.2, -0.15) is 0 Å². The molecule has 1 aliphatic rings. The third kappa shape index (κ3) is 4.53. The molecule has 142 valence electrons. The Hall–Kier alpha value is -2.58. The van der Waals surface area contributed by atoms with Crippen LogP contribution in [0.1, 0.15) is 6.92 Å². The molecule has 0 radical (unpaired) electrons. The molecule has 8 heteroatoms. The second-order valence-electron chi connectivity index (χ2n) is 5.23. The highest BCUT2D eigenvalue weighted by Crippen LogP contribution is 2.34. The van der Waals surface area contributed by atoms with Gasteiger partial charge in [0.1, 0.15) is 24.8 Å². The van der Waals surface area contributed by atoms with Crippen molar-refractivity contribution in [2.45, 2.75) is 6.92 Å². The molecule has 0 bridgehead atoms. The fraction of sp³-hybridized carbons (Fsp3) is 0.444. The molecule has 0 saturated carbocycles. The lowest BCUT2D eigenvalue weighted by Crippen LogP contribution is -2.39. The van der Waals surface area contributed by atoms with E-state index in [0.29, 0.717) is 31.3 Å². The third-order valence-corrected chi connectivity index (χ3v) is 3.68. The van der Waals surface area contributed by atoms with Crippen molar-refractivity contribution in [3.05, 3.63) is 35.5 Å². The average Bonchev–Trinajstić information content (AvgIpc) is 2.69. The fourth-order valence-electron chi connectivity index (χ4n) is 2.49. The monoisotopic (exact) mass is 365 g/mol. The highest BCUT2D eigenvalue weighted by atomic mass is 16.5. The summed E-state index contributed by atoms with van der Waals surface area (Å²) in [5.41, 5.74) is 0.742. The number of carbonyl (C=O) groups excluding carboxylic acids is 2. The van der Waals surface area contributed by atoms with Gasteiger partial charge in [0, 0.05) is 6.61 Å². The van der Waals surface area contributed by atoms with Gasteiger partial charge in [0.2, 0.25) is 0 Å². The van der Waals surface area contributed by atoms with Gasteiger partial charge in [0.25, 0.3) is 0 Å². The Morgan fingerprint density at radius 3 is 2.54 bits per heavy atom. The molecule has 0 atom stereocenters. The van der Waals surface area contributed by atoms with Gasteiger partial charge in [-0.25, -0.2) is 9.59 Å². The minimum absolute atomic E-state index is 0.0407. The summed E-state index contributed by atoms with van der Waals surface area (Å²) in [6.07, 6.45) is 0. The fourth-order valence-corrected chi connectivity index (χ4v) is 2.49. The van der Waals surface area contributed by atoms with E-state index in [9.17, 15) is 9.59 Å². The van der Waals surface area contributed by atoms with Crippen molar-refractivity contribution >= 4 is 17.6 Å². The predicted octanol–water partition coefficient (Wildman–Crippen LogP) is 1.50. The van der Waals surface area contributed by atoms with E-state index < -0.39 is 11.9 Å². The molecule has 0 aromatic heterocycles. The Bertz CT molecular complexity index is 671. The van der Waals surface area contributed by atoms with Crippen molar-refractivity contribution in [3.8, 4) is 5.75 Å². The molecule has 0 unspecified atom stereocenters. The summed E-state index contributed by atoms with van der Waals surface area (Å²) < 4.78 is 26.1. The second kappa shape index (κ2) is 9.79. The van der Waals surface area contributed by atoms with Crippen LogP contribution in [0, 0.1) is 0 Å². The number of rotatable bonds is 8. The number of anilines is 1. The third-order valence-electron chi connectivity index (χ3n) is 3.68. The molecule has 1 aromatic rings. The largest absolute Gasteiger partial charge is 0.489 e. The Kier molecular flexibility index (Phi) is 7.43. The molecule has 26 heavy (non-hydrogen) atoms. The van der Waals surface area contributed by atoms with E-state index in [-0.39, 0.29) is 24.6 Å². The summed E-state index contributed by atoms with van der Waals surface area (Å²) in [4.78, 5) is 25.9. The van der Waals surface area contributed by atoms with Crippen LogP contribution in [0.25, 0.3) is 0 Å². The zero-order valence-electron chi connectivity index (χ0n) is 15.1. The van der Waals surface area contributed by atoms with Gasteiger partial charge in [-0.3, -0.25) is 0 Å². The van der Waals surface area contributed by atoms with Crippen molar-refractivity contribution in [1.29, 1.82) is 0 Å².